The quantitative estimate of drug-likeness (QED) is 0.385. The van der Waals surface area contributed by atoms with Crippen molar-refractivity contribution < 1.29 is 24.9 Å². The second-order valence-electron chi connectivity index (χ2n) is 4.68. The fraction of sp³-hybridized carbons (Fsp3) is 0.600. The molecule has 5 N–H and O–H groups in total. The Morgan fingerprint density at radius 3 is 2.67 bits per heavy atom. The third kappa shape index (κ3) is 2.17. The standard InChI is InChI=1S/C10H12BrN5O5/c11-9-13-3-6(14-10(12)15-7(3)20)16(9)8-5(19)4(18)2(1-17)21-8/h2-5,8,17-19H,1H2,(H2,12,15,20)/t2-,3-,4+,5-,8-/m1/s1. The Morgan fingerprint density at radius 1 is 1.33 bits per heavy atom. The minimum Gasteiger partial charge on any atom is -0.394 e. The number of halogens is 1. The number of ether oxygens (including phenoxy) is 1. The molecule has 10 nitrogen and oxygen atoms in total. The molecule has 11 heteroatoms. The van der Waals surface area contributed by atoms with Crippen LogP contribution in [-0.2, 0) is 9.53 Å². The Kier molecular flexibility index (Phi) is 3.53. The summed E-state index contributed by atoms with van der Waals surface area (Å²) in [6.45, 7) is -0.463. The number of nitrogens with zero attached hydrogens (tertiary/aromatic N) is 4. The number of rotatable bonds is 2. The number of guanidine groups is 1. The summed E-state index contributed by atoms with van der Waals surface area (Å²) in [5, 5.41) is 29.0. The molecular formula is C10H12BrN5O5. The van der Waals surface area contributed by atoms with Crippen molar-refractivity contribution >= 4 is 38.4 Å². The fourth-order valence-corrected chi connectivity index (χ4v) is 2.97. The maximum Gasteiger partial charge on any atom is 0.281 e. The first-order chi connectivity index (χ1) is 9.93. The second kappa shape index (κ2) is 5.10. The summed E-state index contributed by atoms with van der Waals surface area (Å²) in [7, 11) is 0. The van der Waals surface area contributed by atoms with E-state index >= 15 is 0 Å². The summed E-state index contributed by atoms with van der Waals surface area (Å²) in [5.74, 6) is -0.654. The highest BCUT2D eigenvalue weighted by Crippen LogP contribution is 2.30. The van der Waals surface area contributed by atoms with Gasteiger partial charge in [-0.2, -0.15) is 9.98 Å². The first-order valence-electron chi connectivity index (χ1n) is 6.05. The molecule has 0 radical (unpaired) electrons. The van der Waals surface area contributed by atoms with Gasteiger partial charge in [-0.3, -0.25) is 9.69 Å². The number of carbonyl (C=O) groups excluding carboxylic acids is 1. The molecule has 0 aromatic rings. The Labute approximate surface area is 126 Å². The SMILES string of the molecule is NC1=NC(=O)[C@@H]2N=C(Br)N([C@@H]3O[C@H](CO)[C@H](O)[C@H]3O)C2=N1. The van der Waals surface area contributed by atoms with E-state index in [0.717, 1.165) is 0 Å². The van der Waals surface area contributed by atoms with E-state index in [9.17, 15) is 15.0 Å². The molecule has 0 spiro atoms. The van der Waals surface area contributed by atoms with E-state index < -0.39 is 43.1 Å². The van der Waals surface area contributed by atoms with E-state index in [1.54, 1.807) is 0 Å². The van der Waals surface area contributed by atoms with Gasteiger partial charge in [0.1, 0.15) is 18.3 Å². The Hall–Kier alpha value is -1.40. The number of aliphatic hydroxyl groups excluding tert-OH is 3. The number of hydrogen-bond acceptors (Lipinski definition) is 9. The van der Waals surface area contributed by atoms with Crippen LogP contribution in [0.3, 0.4) is 0 Å². The average Bonchev–Trinajstić information content (AvgIpc) is 2.89. The monoisotopic (exact) mass is 361 g/mol. The molecule has 3 heterocycles. The molecule has 0 unspecified atom stereocenters. The Morgan fingerprint density at radius 2 is 2.05 bits per heavy atom. The van der Waals surface area contributed by atoms with Crippen molar-refractivity contribution in [3.8, 4) is 0 Å². The van der Waals surface area contributed by atoms with E-state index in [-0.39, 0.29) is 16.5 Å². The van der Waals surface area contributed by atoms with E-state index in [4.69, 9.17) is 15.6 Å². The molecule has 3 aliphatic rings. The lowest BCUT2D eigenvalue weighted by molar-refractivity contribution is -0.117. The predicted octanol–water partition coefficient (Wildman–Crippen LogP) is -2.89. The lowest BCUT2D eigenvalue weighted by Gasteiger charge is -2.28. The molecule has 1 amide bonds. The minimum atomic E-state index is -1.32. The highest BCUT2D eigenvalue weighted by molar-refractivity contribution is 9.18. The molecule has 0 aromatic heterocycles. The normalized spacial score (nSPS) is 39.0. The van der Waals surface area contributed by atoms with Gasteiger partial charge in [-0.05, 0) is 15.9 Å². The smallest absolute Gasteiger partial charge is 0.281 e. The number of amides is 1. The third-order valence-corrected chi connectivity index (χ3v) is 3.97. The van der Waals surface area contributed by atoms with Crippen LogP contribution < -0.4 is 5.73 Å². The summed E-state index contributed by atoms with van der Waals surface area (Å²) in [6, 6.07) is -0.965. The summed E-state index contributed by atoms with van der Waals surface area (Å²) in [6.07, 6.45) is -4.60. The minimum absolute atomic E-state index is 0.147. The molecule has 0 aliphatic carbocycles. The van der Waals surface area contributed by atoms with E-state index in [1.807, 2.05) is 0 Å². The van der Waals surface area contributed by atoms with Crippen molar-refractivity contribution in [3.63, 3.8) is 0 Å². The lowest BCUT2D eigenvalue weighted by atomic mass is 10.1. The first-order valence-corrected chi connectivity index (χ1v) is 6.85. The van der Waals surface area contributed by atoms with Crippen LogP contribution in [0.25, 0.3) is 0 Å². The van der Waals surface area contributed by atoms with Crippen molar-refractivity contribution in [3.05, 3.63) is 0 Å². The molecule has 5 atom stereocenters. The summed E-state index contributed by atoms with van der Waals surface area (Å²) >= 11 is 3.16. The van der Waals surface area contributed by atoms with Gasteiger partial charge >= 0.3 is 0 Å². The van der Waals surface area contributed by atoms with Crippen LogP contribution in [0.15, 0.2) is 15.0 Å². The number of hydrogen-bond donors (Lipinski definition) is 4. The van der Waals surface area contributed by atoms with Gasteiger partial charge in [0, 0.05) is 0 Å². The van der Waals surface area contributed by atoms with Gasteiger partial charge in [0.25, 0.3) is 5.91 Å². The Balaban J connectivity index is 1.94. The zero-order valence-corrected chi connectivity index (χ0v) is 12.1. The van der Waals surface area contributed by atoms with Gasteiger partial charge in [0.2, 0.25) is 5.96 Å². The van der Waals surface area contributed by atoms with Gasteiger partial charge in [-0.1, -0.05) is 0 Å². The van der Waals surface area contributed by atoms with Crippen LogP contribution in [0, 0.1) is 0 Å². The van der Waals surface area contributed by atoms with Crippen LogP contribution in [0.2, 0.25) is 0 Å². The maximum absolute atomic E-state index is 11.8. The highest BCUT2D eigenvalue weighted by Gasteiger charge is 2.51. The summed E-state index contributed by atoms with van der Waals surface area (Å²) in [5.41, 5.74) is 5.46. The number of aliphatic imine (C=N–C) groups is 3. The third-order valence-electron chi connectivity index (χ3n) is 3.39. The predicted molar refractivity (Wildman–Crippen MR) is 73.8 cm³/mol. The molecule has 0 aromatic carbocycles. The van der Waals surface area contributed by atoms with Crippen LogP contribution in [-0.4, -0.2) is 79.9 Å². The number of nitrogens with two attached hydrogens (primary N) is 1. The average molecular weight is 362 g/mol. The molecule has 1 fully saturated rings. The van der Waals surface area contributed by atoms with Crippen LogP contribution >= 0.6 is 15.9 Å². The fourth-order valence-electron chi connectivity index (χ4n) is 2.38. The highest BCUT2D eigenvalue weighted by atomic mass is 79.9. The topological polar surface area (TPSA) is 153 Å². The molecule has 0 saturated carbocycles. The summed E-state index contributed by atoms with van der Waals surface area (Å²) in [4.78, 5) is 24.6. The molecule has 1 saturated heterocycles. The Bertz CT molecular complexity index is 578. The molecule has 3 rings (SSSR count). The van der Waals surface area contributed by atoms with Crippen LogP contribution in [0.5, 0.6) is 0 Å². The van der Waals surface area contributed by atoms with Crippen molar-refractivity contribution in [2.45, 2.75) is 30.6 Å². The molecular weight excluding hydrogens is 350 g/mol. The van der Waals surface area contributed by atoms with Gasteiger partial charge in [-0.25, -0.2) is 4.99 Å². The van der Waals surface area contributed by atoms with E-state index in [0.29, 0.717) is 0 Å². The summed E-state index contributed by atoms with van der Waals surface area (Å²) < 4.78 is 5.60. The number of fused-ring (bicyclic) bond motifs is 1. The van der Waals surface area contributed by atoms with E-state index in [2.05, 4.69) is 30.9 Å². The largest absolute Gasteiger partial charge is 0.394 e. The number of aliphatic hydroxyl groups is 3. The van der Waals surface area contributed by atoms with E-state index in [1.165, 1.54) is 4.90 Å². The zero-order chi connectivity index (χ0) is 15.3. The van der Waals surface area contributed by atoms with Gasteiger partial charge in [-0.15, -0.1) is 0 Å². The van der Waals surface area contributed by atoms with Crippen LogP contribution in [0.4, 0.5) is 0 Å². The number of carbonyl (C=O) groups is 1. The zero-order valence-electron chi connectivity index (χ0n) is 10.5. The van der Waals surface area contributed by atoms with Gasteiger partial charge in [0.05, 0.1) is 6.61 Å². The number of amidine groups is 2. The molecule has 21 heavy (non-hydrogen) atoms. The van der Waals surface area contributed by atoms with Crippen molar-refractivity contribution in [2.24, 2.45) is 20.7 Å². The second-order valence-corrected chi connectivity index (χ2v) is 5.39. The molecule has 114 valence electrons. The lowest BCUT2D eigenvalue weighted by Crippen LogP contribution is -2.50. The molecule has 3 aliphatic heterocycles. The van der Waals surface area contributed by atoms with Crippen molar-refractivity contribution in [1.82, 2.24) is 4.90 Å². The van der Waals surface area contributed by atoms with Crippen LogP contribution in [0.1, 0.15) is 0 Å². The molecule has 0 bridgehead atoms. The van der Waals surface area contributed by atoms with Crippen molar-refractivity contribution in [2.75, 3.05) is 6.61 Å². The first kappa shape index (κ1) is 14.5. The van der Waals surface area contributed by atoms with Gasteiger partial charge < -0.3 is 25.8 Å². The maximum atomic E-state index is 11.8. The van der Waals surface area contributed by atoms with Crippen molar-refractivity contribution in [1.29, 1.82) is 0 Å². The van der Waals surface area contributed by atoms with Gasteiger partial charge in [0.15, 0.2) is 22.9 Å².